The predicted molar refractivity (Wildman–Crippen MR) is 146 cm³/mol. The van der Waals surface area contributed by atoms with Crippen molar-refractivity contribution >= 4 is 57.9 Å². The molecule has 3 heterocycles. The maximum Gasteiger partial charge on any atom is 0.293 e. The first-order valence-corrected chi connectivity index (χ1v) is 13.2. The molecule has 2 aromatic carbocycles. The number of benzene rings is 2. The number of amides is 2. The number of imide groups is 1. The van der Waals surface area contributed by atoms with Crippen LogP contribution in [0.4, 0.5) is 10.5 Å². The zero-order chi connectivity index (χ0) is 25.4. The van der Waals surface area contributed by atoms with Gasteiger partial charge in [0, 0.05) is 45.9 Å². The van der Waals surface area contributed by atoms with Gasteiger partial charge < -0.3 is 14.2 Å². The Balaban J connectivity index is 1.37. The summed E-state index contributed by atoms with van der Waals surface area (Å²) in [6, 6.07) is 15.6. The molecule has 2 amide bonds. The van der Waals surface area contributed by atoms with Crippen molar-refractivity contribution in [2.75, 3.05) is 31.2 Å². The molecule has 0 saturated carbocycles. The second-order valence-electron chi connectivity index (χ2n) is 8.78. The van der Waals surface area contributed by atoms with Crippen LogP contribution in [0.5, 0.6) is 0 Å². The van der Waals surface area contributed by atoms with E-state index >= 15 is 0 Å². The number of halogens is 2. The van der Waals surface area contributed by atoms with Gasteiger partial charge in [-0.2, -0.15) is 0 Å². The molecular weight excluding hydrogens is 517 g/mol. The summed E-state index contributed by atoms with van der Waals surface area (Å²) in [4.78, 5) is 29.7. The number of hydrogen-bond donors (Lipinski definition) is 0. The van der Waals surface area contributed by atoms with Gasteiger partial charge in [0.2, 0.25) is 0 Å². The van der Waals surface area contributed by atoms with Crippen molar-refractivity contribution in [1.29, 1.82) is 0 Å². The lowest BCUT2D eigenvalue weighted by atomic mass is 10.2. The van der Waals surface area contributed by atoms with Gasteiger partial charge in [-0.15, -0.1) is 0 Å². The van der Waals surface area contributed by atoms with Crippen molar-refractivity contribution in [3.63, 3.8) is 0 Å². The predicted octanol–water partition coefficient (Wildman–Crippen LogP) is 6.47. The van der Waals surface area contributed by atoms with Crippen molar-refractivity contribution in [3.8, 4) is 5.69 Å². The van der Waals surface area contributed by atoms with Crippen molar-refractivity contribution in [1.82, 2.24) is 9.47 Å². The van der Waals surface area contributed by atoms with Crippen molar-refractivity contribution in [2.24, 2.45) is 0 Å². The van der Waals surface area contributed by atoms with E-state index in [0.29, 0.717) is 20.5 Å². The Morgan fingerprint density at radius 1 is 0.972 bits per heavy atom. The molecule has 9 heteroatoms. The Morgan fingerprint density at radius 2 is 1.67 bits per heavy atom. The van der Waals surface area contributed by atoms with Crippen LogP contribution in [-0.2, 0) is 16.1 Å². The smallest absolute Gasteiger partial charge is 0.293 e. The van der Waals surface area contributed by atoms with Gasteiger partial charge in [0.25, 0.3) is 11.1 Å². The lowest BCUT2D eigenvalue weighted by Gasteiger charge is -2.29. The topological polar surface area (TPSA) is 54.8 Å². The van der Waals surface area contributed by atoms with E-state index in [1.165, 1.54) is 10.6 Å². The molecule has 0 spiro atoms. The minimum Gasteiger partial charge on any atom is -0.378 e. The van der Waals surface area contributed by atoms with E-state index in [0.717, 1.165) is 60.7 Å². The molecule has 0 unspecified atom stereocenters. The molecule has 36 heavy (non-hydrogen) atoms. The maximum atomic E-state index is 13.1. The van der Waals surface area contributed by atoms with Crippen molar-refractivity contribution < 1.29 is 14.3 Å². The summed E-state index contributed by atoms with van der Waals surface area (Å²) in [5, 5.41) is 0.613. The molecule has 186 valence electrons. The van der Waals surface area contributed by atoms with Gasteiger partial charge in [-0.05, 0) is 85.3 Å². The van der Waals surface area contributed by atoms with E-state index in [1.807, 2.05) is 19.9 Å². The van der Waals surface area contributed by atoms with Crippen molar-refractivity contribution in [3.05, 3.63) is 86.0 Å². The maximum absolute atomic E-state index is 13.1. The zero-order valence-corrected chi connectivity index (χ0v) is 22.3. The molecule has 1 aromatic heterocycles. The first-order valence-electron chi connectivity index (χ1n) is 11.6. The molecule has 0 aliphatic carbocycles. The van der Waals surface area contributed by atoms with Crippen LogP contribution in [0.1, 0.15) is 22.5 Å². The van der Waals surface area contributed by atoms with Gasteiger partial charge in [-0.3, -0.25) is 14.5 Å². The van der Waals surface area contributed by atoms with E-state index in [1.54, 1.807) is 24.3 Å². The normalized spacial score (nSPS) is 17.5. The minimum atomic E-state index is -0.323. The van der Waals surface area contributed by atoms with E-state index in [-0.39, 0.29) is 17.7 Å². The molecular formula is C27H25Cl2N3O3S. The lowest BCUT2D eigenvalue weighted by Crippen LogP contribution is -2.36. The number of carbonyl (C=O) groups excluding carboxylic acids is 2. The summed E-state index contributed by atoms with van der Waals surface area (Å²) in [5.41, 5.74) is 5.85. The monoisotopic (exact) mass is 541 g/mol. The molecule has 2 aliphatic rings. The summed E-state index contributed by atoms with van der Waals surface area (Å²) in [6.07, 6.45) is 1.80. The summed E-state index contributed by atoms with van der Waals surface area (Å²) >= 11 is 13.2. The third-order valence-corrected chi connectivity index (χ3v) is 7.95. The zero-order valence-electron chi connectivity index (χ0n) is 20.0. The summed E-state index contributed by atoms with van der Waals surface area (Å²) < 4.78 is 7.61. The highest BCUT2D eigenvalue weighted by atomic mass is 35.5. The summed E-state index contributed by atoms with van der Waals surface area (Å²) in [7, 11) is 0. The summed E-state index contributed by atoms with van der Waals surface area (Å²) in [6.45, 7) is 7.44. The van der Waals surface area contributed by atoms with Crippen LogP contribution in [0, 0.1) is 13.8 Å². The average Bonchev–Trinajstić information content (AvgIpc) is 3.30. The third kappa shape index (κ3) is 4.93. The number of carbonyl (C=O) groups is 2. The number of nitrogens with zero attached hydrogens (tertiary/aromatic N) is 3. The molecule has 6 nitrogen and oxygen atoms in total. The first kappa shape index (κ1) is 25.0. The number of aromatic nitrogens is 1. The number of morpholine rings is 1. The molecule has 3 aromatic rings. The molecule has 0 radical (unpaired) electrons. The van der Waals surface area contributed by atoms with Gasteiger partial charge in [-0.1, -0.05) is 29.3 Å². The Hall–Kier alpha value is -2.71. The third-order valence-electron chi connectivity index (χ3n) is 6.46. The fourth-order valence-electron chi connectivity index (χ4n) is 4.56. The molecule has 0 bridgehead atoms. The van der Waals surface area contributed by atoms with Crippen LogP contribution >= 0.6 is 35.0 Å². The molecule has 2 fully saturated rings. The number of aryl methyl sites for hydroxylation is 1. The van der Waals surface area contributed by atoms with Crippen LogP contribution in [0.3, 0.4) is 0 Å². The van der Waals surface area contributed by atoms with Crippen LogP contribution in [0.15, 0.2) is 53.4 Å². The van der Waals surface area contributed by atoms with Gasteiger partial charge in [0.05, 0.1) is 24.7 Å². The van der Waals surface area contributed by atoms with Crippen LogP contribution < -0.4 is 4.90 Å². The van der Waals surface area contributed by atoms with Crippen LogP contribution in [-0.4, -0.2) is 46.9 Å². The fraction of sp³-hybridized carbons (Fsp3) is 0.259. The average molecular weight is 542 g/mol. The number of anilines is 1. The highest BCUT2D eigenvalue weighted by molar-refractivity contribution is 8.18. The number of thioether (sulfide) groups is 1. The molecule has 2 aliphatic heterocycles. The largest absolute Gasteiger partial charge is 0.378 e. The Kier molecular flexibility index (Phi) is 7.17. The second kappa shape index (κ2) is 10.3. The highest BCUT2D eigenvalue weighted by Crippen LogP contribution is 2.36. The fourth-order valence-corrected chi connectivity index (χ4v) is 5.86. The van der Waals surface area contributed by atoms with E-state index in [4.69, 9.17) is 27.9 Å². The van der Waals surface area contributed by atoms with E-state index in [9.17, 15) is 9.59 Å². The number of hydrogen-bond acceptors (Lipinski definition) is 5. The Morgan fingerprint density at radius 3 is 2.36 bits per heavy atom. The minimum absolute atomic E-state index is 0.104. The van der Waals surface area contributed by atoms with Crippen molar-refractivity contribution in [2.45, 2.75) is 20.4 Å². The first-order chi connectivity index (χ1) is 17.3. The Labute approximate surface area is 224 Å². The Bertz CT molecular complexity index is 1360. The lowest BCUT2D eigenvalue weighted by molar-refractivity contribution is -0.123. The number of ether oxygens (including phenoxy) is 1. The molecule has 2 saturated heterocycles. The van der Waals surface area contributed by atoms with Gasteiger partial charge in [0.15, 0.2) is 0 Å². The van der Waals surface area contributed by atoms with E-state index in [2.05, 4.69) is 33.7 Å². The van der Waals surface area contributed by atoms with Gasteiger partial charge >= 0.3 is 0 Å². The summed E-state index contributed by atoms with van der Waals surface area (Å²) in [5.74, 6) is -0.323. The van der Waals surface area contributed by atoms with Gasteiger partial charge in [-0.25, -0.2) is 0 Å². The SMILES string of the molecule is Cc1cc(/C=C2\SC(=O)N(Cc3ccc(Cl)cc3Cl)C2=O)c(C)n1-c1ccc(N2CCOCC2)cc1. The second-order valence-corrected chi connectivity index (χ2v) is 10.6. The molecule has 5 rings (SSSR count). The highest BCUT2D eigenvalue weighted by Gasteiger charge is 2.35. The van der Waals surface area contributed by atoms with Gasteiger partial charge in [0.1, 0.15) is 0 Å². The van der Waals surface area contributed by atoms with Crippen LogP contribution in [0.2, 0.25) is 10.0 Å². The molecule has 0 atom stereocenters. The van der Waals surface area contributed by atoms with E-state index < -0.39 is 0 Å². The number of rotatable bonds is 5. The quantitative estimate of drug-likeness (QED) is 0.346. The molecule has 0 N–H and O–H groups in total. The van der Waals surface area contributed by atoms with Crippen LogP contribution in [0.25, 0.3) is 11.8 Å². The standard InChI is InChI=1S/C27H25Cl2N3O3S/c1-17-13-20(18(2)32(17)23-7-5-22(6-8-23)30-9-11-35-12-10-30)14-25-26(33)31(27(34)36-25)16-19-3-4-21(28)15-24(19)29/h3-8,13-15H,9-12,16H2,1-2H3/b25-14-.